The molecule has 0 bridgehead atoms. The summed E-state index contributed by atoms with van der Waals surface area (Å²) >= 11 is 0. The molecular formula is C15H23N3O2. The van der Waals surface area contributed by atoms with Crippen LogP contribution in [0.3, 0.4) is 0 Å². The maximum atomic E-state index is 11.8. The molecule has 1 aromatic rings. The van der Waals surface area contributed by atoms with Gasteiger partial charge in [-0.25, -0.2) is 4.79 Å². The van der Waals surface area contributed by atoms with E-state index in [-0.39, 0.29) is 5.91 Å². The van der Waals surface area contributed by atoms with Crippen molar-refractivity contribution in [3.05, 3.63) is 29.8 Å². The fourth-order valence-electron chi connectivity index (χ4n) is 1.73. The Bertz CT molecular complexity index is 472. The molecule has 0 aliphatic carbocycles. The Balaban J connectivity index is 2.61. The van der Waals surface area contributed by atoms with Crippen LogP contribution in [0, 0.1) is 0 Å². The SMILES string of the molecule is CCNC(=O)NC(=O)C(C)Nc1cccc(C(C)C)c1. The summed E-state index contributed by atoms with van der Waals surface area (Å²) < 4.78 is 0. The van der Waals surface area contributed by atoms with Gasteiger partial charge in [0.2, 0.25) is 5.91 Å². The molecule has 0 spiro atoms. The first kappa shape index (κ1) is 16.0. The summed E-state index contributed by atoms with van der Waals surface area (Å²) in [6.45, 7) is 8.23. The number of imide groups is 1. The van der Waals surface area contributed by atoms with Crippen LogP contribution in [0.2, 0.25) is 0 Å². The van der Waals surface area contributed by atoms with E-state index in [9.17, 15) is 9.59 Å². The minimum absolute atomic E-state index is 0.356. The Hall–Kier alpha value is -2.04. The van der Waals surface area contributed by atoms with Gasteiger partial charge in [-0.15, -0.1) is 0 Å². The number of amides is 3. The van der Waals surface area contributed by atoms with Crippen LogP contribution in [0.15, 0.2) is 24.3 Å². The molecule has 110 valence electrons. The van der Waals surface area contributed by atoms with Gasteiger partial charge in [-0.3, -0.25) is 10.1 Å². The van der Waals surface area contributed by atoms with Crippen LogP contribution in [0.25, 0.3) is 0 Å². The number of benzene rings is 1. The molecule has 5 nitrogen and oxygen atoms in total. The van der Waals surface area contributed by atoms with E-state index in [0.29, 0.717) is 12.5 Å². The Morgan fingerprint density at radius 3 is 2.50 bits per heavy atom. The van der Waals surface area contributed by atoms with Gasteiger partial charge in [0.05, 0.1) is 0 Å². The van der Waals surface area contributed by atoms with Crippen LogP contribution in [-0.2, 0) is 4.79 Å². The normalized spacial score (nSPS) is 11.8. The third kappa shape index (κ3) is 4.91. The third-order valence-electron chi connectivity index (χ3n) is 2.90. The van der Waals surface area contributed by atoms with Crippen molar-refractivity contribution < 1.29 is 9.59 Å². The highest BCUT2D eigenvalue weighted by Crippen LogP contribution is 2.18. The monoisotopic (exact) mass is 277 g/mol. The van der Waals surface area contributed by atoms with Crippen molar-refractivity contribution in [2.24, 2.45) is 0 Å². The first-order valence-corrected chi connectivity index (χ1v) is 6.89. The highest BCUT2D eigenvalue weighted by Gasteiger charge is 2.15. The second-order valence-electron chi connectivity index (χ2n) is 4.99. The number of carbonyl (C=O) groups is 2. The molecule has 0 fully saturated rings. The lowest BCUT2D eigenvalue weighted by molar-refractivity contribution is -0.120. The fourth-order valence-corrected chi connectivity index (χ4v) is 1.73. The fraction of sp³-hybridized carbons (Fsp3) is 0.467. The lowest BCUT2D eigenvalue weighted by Crippen LogP contribution is -2.45. The average Bonchev–Trinajstić information content (AvgIpc) is 2.39. The molecule has 1 rings (SSSR count). The van der Waals surface area contributed by atoms with Gasteiger partial charge < -0.3 is 10.6 Å². The molecule has 0 saturated carbocycles. The largest absolute Gasteiger partial charge is 0.374 e. The summed E-state index contributed by atoms with van der Waals surface area (Å²) in [5, 5.41) is 7.90. The Labute approximate surface area is 120 Å². The van der Waals surface area contributed by atoms with Crippen molar-refractivity contribution in [3.8, 4) is 0 Å². The molecule has 1 atom stereocenters. The van der Waals surface area contributed by atoms with E-state index >= 15 is 0 Å². The molecule has 3 amide bonds. The molecule has 1 unspecified atom stereocenters. The Morgan fingerprint density at radius 1 is 1.20 bits per heavy atom. The number of hydrogen-bond donors (Lipinski definition) is 3. The van der Waals surface area contributed by atoms with Crippen LogP contribution < -0.4 is 16.0 Å². The van der Waals surface area contributed by atoms with Crippen molar-refractivity contribution in [3.63, 3.8) is 0 Å². The van der Waals surface area contributed by atoms with Crippen LogP contribution >= 0.6 is 0 Å². The minimum Gasteiger partial charge on any atom is -0.374 e. The Morgan fingerprint density at radius 2 is 1.90 bits per heavy atom. The topological polar surface area (TPSA) is 70.2 Å². The van der Waals surface area contributed by atoms with Gasteiger partial charge >= 0.3 is 6.03 Å². The summed E-state index contributed by atoms with van der Waals surface area (Å²) in [6, 6.07) is 6.96. The van der Waals surface area contributed by atoms with Crippen LogP contribution in [0.4, 0.5) is 10.5 Å². The molecule has 0 aromatic heterocycles. The van der Waals surface area contributed by atoms with Gasteiger partial charge in [0.25, 0.3) is 0 Å². The lowest BCUT2D eigenvalue weighted by atomic mass is 10.0. The number of carbonyl (C=O) groups excluding carboxylic acids is 2. The summed E-state index contributed by atoms with van der Waals surface area (Å²) in [4.78, 5) is 23.1. The molecule has 0 aliphatic rings. The van der Waals surface area contributed by atoms with E-state index in [1.807, 2.05) is 18.2 Å². The van der Waals surface area contributed by atoms with E-state index in [1.54, 1.807) is 13.8 Å². The van der Waals surface area contributed by atoms with Gasteiger partial charge in [-0.1, -0.05) is 26.0 Å². The van der Waals surface area contributed by atoms with Gasteiger partial charge in [0, 0.05) is 12.2 Å². The molecule has 0 heterocycles. The maximum absolute atomic E-state index is 11.8. The molecule has 0 radical (unpaired) electrons. The summed E-state index contributed by atoms with van der Waals surface area (Å²) in [5.74, 6) is 0.0714. The van der Waals surface area contributed by atoms with Crippen molar-refractivity contribution in [1.82, 2.24) is 10.6 Å². The number of anilines is 1. The predicted molar refractivity (Wildman–Crippen MR) is 80.8 cm³/mol. The van der Waals surface area contributed by atoms with Gasteiger partial charge in [0.1, 0.15) is 6.04 Å². The number of rotatable bonds is 5. The highest BCUT2D eigenvalue weighted by atomic mass is 16.2. The van der Waals surface area contributed by atoms with Gasteiger partial charge in [-0.05, 0) is 37.5 Å². The van der Waals surface area contributed by atoms with Crippen molar-refractivity contribution in [2.75, 3.05) is 11.9 Å². The highest BCUT2D eigenvalue weighted by molar-refractivity contribution is 5.97. The zero-order valence-electron chi connectivity index (χ0n) is 12.5. The van der Waals surface area contributed by atoms with Gasteiger partial charge in [-0.2, -0.15) is 0 Å². The standard InChI is InChI=1S/C15H23N3O2/c1-5-16-15(20)18-14(19)11(4)17-13-8-6-7-12(9-13)10(2)3/h6-11,17H,5H2,1-4H3,(H2,16,18,19,20). The van der Waals surface area contributed by atoms with Crippen molar-refractivity contribution in [2.45, 2.75) is 39.7 Å². The molecule has 20 heavy (non-hydrogen) atoms. The molecule has 0 aliphatic heterocycles. The predicted octanol–water partition coefficient (Wildman–Crippen LogP) is 2.46. The van der Waals surface area contributed by atoms with E-state index in [1.165, 1.54) is 5.56 Å². The number of nitrogens with one attached hydrogen (secondary N) is 3. The zero-order chi connectivity index (χ0) is 15.1. The smallest absolute Gasteiger partial charge is 0.321 e. The molecule has 1 aromatic carbocycles. The summed E-state index contributed by atoms with van der Waals surface area (Å²) in [7, 11) is 0. The van der Waals surface area contributed by atoms with Crippen molar-refractivity contribution >= 4 is 17.6 Å². The van der Waals surface area contributed by atoms with E-state index in [2.05, 4.69) is 35.9 Å². The minimum atomic E-state index is -0.486. The number of hydrogen-bond acceptors (Lipinski definition) is 3. The average molecular weight is 277 g/mol. The molecule has 3 N–H and O–H groups in total. The van der Waals surface area contributed by atoms with Crippen LogP contribution in [0.5, 0.6) is 0 Å². The maximum Gasteiger partial charge on any atom is 0.321 e. The Kier molecular flexibility index (Phi) is 6.03. The zero-order valence-corrected chi connectivity index (χ0v) is 12.5. The molecule has 5 heteroatoms. The first-order valence-electron chi connectivity index (χ1n) is 6.89. The summed E-state index contributed by atoms with van der Waals surface area (Å²) in [5.41, 5.74) is 2.07. The quantitative estimate of drug-likeness (QED) is 0.774. The van der Waals surface area contributed by atoms with Crippen molar-refractivity contribution in [1.29, 1.82) is 0 Å². The second-order valence-corrected chi connectivity index (χ2v) is 4.99. The molecular weight excluding hydrogens is 254 g/mol. The summed E-state index contributed by atoms with van der Waals surface area (Å²) in [6.07, 6.45) is 0. The van der Waals surface area contributed by atoms with Crippen LogP contribution in [0.1, 0.15) is 39.2 Å². The second kappa shape index (κ2) is 7.53. The van der Waals surface area contributed by atoms with Gasteiger partial charge in [0.15, 0.2) is 0 Å². The molecule has 0 saturated heterocycles. The number of urea groups is 1. The third-order valence-corrected chi connectivity index (χ3v) is 2.90. The van der Waals surface area contributed by atoms with E-state index in [4.69, 9.17) is 0 Å². The van der Waals surface area contributed by atoms with E-state index < -0.39 is 12.1 Å². The van der Waals surface area contributed by atoms with Crippen LogP contribution in [-0.4, -0.2) is 24.5 Å². The van der Waals surface area contributed by atoms with E-state index in [0.717, 1.165) is 5.69 Å². The first-order chi connectivity index (χ1) is 9.43. The lowest BCUT2D eigenvalue weighted by Gasteiger charge is -2.16.